The molecule has 0 saturated heterocycles. The van der Waals surface area contributed by atoms with Crippen molar-refractivity contribution >= 4 is 63.9 Å². The van der Waals surface area contributed by atoms with Crippen molar-refractivity contribution in [2.24, 2.45) is 0 Å². The van der Waals surface area contributed by atoms with E-state index in [-0.39, 0.29) is 17.0 Å². The maximum atomic E-state index is 12.5. The lowest BCUT2D eigenvalue weighted by Crippen LogP contribution is -2.37. The number of halogens is 2. The number of anilines is 1. The van der Waals surface area contributed by atoms with Gasteiger partial charge in [0.25, 0.3) is 0 Å². The van der Waals surface area contributed by atoms with E-state index in [4.69, 9.17) is 22.1 Å². The molecule has 8 nitrogen and oxygen atoms in total. The topological polar surface area (TPSA) is 110 Å². The van der Waals surface area contributed by atoms with Crippen LogP contribution in [0.15, 0.2) is 11.1 Å². The largest absolute Gasteiger partial charge is 0.444 e. The van der Waals surface area contributed by atoms with Crippen LogP contribution < -0.4 is 11.1 Å². The summed E-state index contributed by atoms with van der Waals surface area (Å²) >= 11 is 9.51. The number of carbonyl (C=O) groups excluding carboxylic acids is 2. The normalized spacial score (nSPS) is 11.2. The van der Waals surface area contributed by atoms with Gasteiger partial charge in [-0.3, -0.25) is 4.79 Å². The zero-order valence-electron chi connectivity index (χ0n) is 16.3. The Bertz CT molecular complexity index is 640. The number of nitrogens with one attached hydrogen (secondary N) is 1. The first-order valence-electron chi connectivity index (χ1n) is 8.84. The summed E-state index contributed by atoms with van der Waals surface area (Å²) < 4.78 is 6.03. The maximum absolute atomic E-state index is 12.5. The van der Waals surface area contributed by atoms with Gasteiger partial charge >= 0.3 is 6.09 Å². The van der Waals surface area contributed by atoms with Crippen LogP contribution in [0.25, 0.3) is 0 Å². The lowest BCUT2D eigenvalue weighted by Gasteiger charge is -2.22. The van der Waals surface area contributed by atoms with Crippen LogP contribution in [0.4, 0.5) is 10.7 Å². The molecule has 0 aliphatic carbocycles. The third-order valence-electron chi connectivity index (χ3n) is 3.23. The van der Waals surface area contributed by atoms with Crippen molar-refractivity contribution in [3.63, 3.8) is 0 Å². The van der Waals surface area contributed by atoms with Crippen LogP contribution in [0.3, 0.4) is 0 Å². The van der Waals surface area contributed by atoms with Crippen LogP contribution in [-0.4, -0.2) is 62.3 Å². The monoisotopic (exact) mass is 543 g/mol. The van der Waals surface area contributed by atoms with E-state index >= 15 is 0 Å². The second kappa shape index (κ2) is 12.5. The predicted molar refractivity (Wildman–Crippen MR) is 121 cm³/mol. The summed E-state index contributed by atoms with van der Waals surface area (Å²) in [4.78, 5) is 33.8. The van der Waals surface area contributed by atoms with Crippen LogP contribution in [-0.2, 0) is 9.53 Å². The number of ether oxygens (including phenoxy) is 1. The highest BCUT2D eigenvalue weighted by Gasteiger charge is 2.16. The van der Waals surface area contributed by atoms with Gasteiger partial charge in [-0.15, -0.1) is 11.8 Å². The summed E-state index contributed by atoms with van der Waals surface area (Å²) in [7, 11) is 0. The van der Waals surface area contributed by atoms with Crippen molar-refractivity contribution in [3.8, 4) is 0 Å². The van der Waals surface area contributed by atoms with Crippen LogP contribution >= 0.6 is 46.0 Å². The van der Waals surface area contributed by atoms with E-state index in [1.807, 2.05) is 25.7 Å². The minimum Gasteiger partial charge on any atom is -0.444 e. The zero-order chi connectivity index (χ0) is 21.2. The Morgan fingerprint density at radius 1 is 1.36 bits per heavy atom. The molecule has 0 aliphatic heterocycles. The van der Waals surface area contributed by atoms with Crippen LogP contribution in [0.1, 0.15) is 33.6 Å². The molecule has 0 aliphatic rings. The number of hydrogen-bond acceptors (Lipinski definition) is 7. The van der Waals surface area contributed by atoms with E-state index in [0.717, 1.165) is 4.43 Å². The molecular weight excluding hydrogens is 517 g/mol. The lowest BCUT2D eigenvalue weighted by atomic mass is 10.2. The number of carbonyl (C=O) groups is 2. The summed E-state index contributed by atoms with van der Waals surface area (Å²) in [6.45, 7) is 7.14. The SMILES string of the molecule is CC(C)(C)OC(=O)NCCCN(CCI)C(=O)CCSc1cc(Cl)nc(N)n1. The van der Waals surface area contributed by atoms with Gasteiger partial charge in [0.15, 0.2) is 0 Å². The minimum atomic E-state index is -0.524. The summed E-state index contributed by atoms with van der Waals surface area (Å²) in [5.74, 6) is 0.749. The first-order valence-corrected chi connectivity index (χ1v) is 11.7. The number of amides is 2. The molecule has 1 heterocycles. The molecule has 3 N–H and O–H groups in total. The van der Waals surface area contributed by atoms with Crippen molar-refractivity contribution in [3.05, 3.63) is 11.2 Å². The van der Waals surface area contributed by atoms with Crippen LogP contribution in [0.2, 0.25) is 5.15 Å². The summed E-state index contributed by atoms with van der Waals surface area (Å²) in [5, 5.41) is 3.64. The molecule has 1 aromatic rings. The molecule has 1 aromatic heterocycles. The second-order valence-corrected chi connectivity index (χ2v) is 9.42. The third-order valence-corrected chi connectivity index (χ3v) is 4.82. The highest BCUT2D eigenvalue weighted by Crippen LogP contribution is 2.20. The van der Waals surface area contributed by atoms with Gasteiger partial charge in [0.2, 0.25) is 11.9 Å². The molecule has 0 radical (unpaired) electrons. The van der Waals surface area contributed by atoms with E-state index in [1.54, 1.807) is 6.07 Å². The number of thioether (sulfide) groups is 1. The van der Waals surface area contributed by atoms with Gasteiger partial charge in [0.05, 0.1) is 0 Å². The Labute approximate surface area is 188 Å². The van der Waals surface area contributed by atoms with Gasteiger partial charge in [0, 0.05) is 42.3 Å². The average Bonchev–Trinajstić information content (AvgIpc) is 2.55. The summed E-state index contributed by atoms with van der Waals surface area (Å²) in [6, 6.07) is 1.62. The Kier molecular flexibility index (Phi) is 11.2. The number of alkyl carbamates (subject to hydrolysis) is 1. The van der Waals surface area contributed by atoms with Gasteiger partial charge < -0.3 is 20.7 Å². The second-order valence-electron chi connectivity index (χ2n) is 6.84. The van der Waals surface area contributed by atoms with Gasteiger partial charge in [-0.1, -0.05) is 34.2 Å². The van der Waals surface area contributed by atoms with Crippen molar-refractivity contribution in [2.75, 3.05) is 35.5 Å². The molecule has 1 rings (SSSR count). The number of alkyl halides is 1. The average molecular weight is 544 g/mol. The molecule has 0 fully saturated rings. The molecule has 0 bridgehead atoms. The van der Waals surface area contributed by atoms with Gasteiger partial charge in [0.1, 0.15) is 15.8 Å². The van der Waals surface area contributed by atoms with E-state index < -0.39 is 11.7 Å². The maximum Gasteiger partial charge on any atom is 0.407 e. The third kappa shape index (κ3) is 11.1. The zero-order valence-corrected chi connectivity index (χ0v) is 20.1. The fourth-order valence-electron chi connectivity index (χ4n) is 2.13. The summed E-state index contributed by atoms with van der Waals surface area (Å²) in [6.07, 6.45) is 0.591. The molecule has 0 aromatic carbocycles. The molecule has 0 unspecified atom stereocenters. The van der Waals surface area contributed by atoms with E-state index in [9.17, 15) is 9.59 Å². The Morgan fingerprint density at radius 3 is 2.68 bits per heavy atom. The standard InChI is InChI=1S/C17H27ClIN5O3S/c1-17(2,3)27-16(26)21-7-4-8-24(9-6-19)14(25)5-10-28-13-11-12(18)22-15(20)23-13/h11H,4-10H2,1-3H3,(H,21,26)(H2,20,22,23). The fourth-order valence-corrected chi connectivity index (χ4v) is 3.80. The first kappa shape index (κ1) is 25.0. The Hall–Kier alpha value is -1.01. The Balaban J connectivity index is 2.36. The smallest absolute Gasteiger partial charge is 0.407 e. The molecular formula is C17H27ClIN5O3S. The Morgan fingerprint density at radius 2 is 2.07 bits per heavy atom. The predicted octanol–water partition coefficient (Wildman–Crippen LogP) is 3.37. The number of nitrogen functional groups attached to an aromatic ring is 1. The molecule has 158 valence electrons. The van der Waals surface area contributed by atoms with Crippen molar-refractivity contribution < 1.29 is 14.3 Å². The molecule has 0 atom stereocenters. The number of rotatable bonds is 10. The minimum absolute atomic E-state index is 0.0644. The van der Waals surface area contributed by atoms with E-state index in [1.165, 1.54) is 11.8 Å². The highest BCUT2D eigenvalue weighted by molar-refractivity contribution is 14.1. The molecule has 0 spiro atoms. The number of aromatic nitrogens is 2. The lowest BCUT2D eigenvalue weighted by molar-refractivity contribution is -0.130. The molecule has 2 amide bonds. The van der Waals surface area contributed by atoms with Gasteiger partial charge in [-0.2, -0.15) is 0 Å². The van der Waals surface area contributed by atoms with E-state index in [2.05, 4.69) is 37.9 Å². The quantitative estimate of drug-likeness (QED) is 0.153. The van der Waals surface area contributed by atoms with Crippen molar-refractivity contribution in [1.29, 1.82) is 0 Å². The first-order chi connectivity index (χ1) is 13.1. The number of nitrogens with two attached hydrogens (primary N) is 1. The fraction of sp³-hybridized carbons (Fsp3) is 0.647. The van der Waals surface area contributed by atoms with Crippen LogP contribution in [0.5, 0.6) is 0 Å². The van der Waals surface area contributed by atoms with Gasteiger partial charge in [-0.05, 0) is 27.2 Å². The molecule has 11 heteroatoms. The van der Waals surface area contributed by atoms with Gasteiger partial charge in [-0.25, -0.2) is 14.8 Å². The number of nitrogens with zero attached hydrogens (tertiary/aromatic N) is 3. The van der Waals surface area contributed by atoms with E-state index in [0.29, 0.717) is 43.3 Å². The highest BCUT2D eigenvalue weighted by atomic mass is 127. The molecule has 0 saturated carbocycles. The van der Waals surface area contributed by atoms with Crippen molar-refractivity contribution in [2.45, 2.75) is 44.2 Å². The number of hydrogen-bond donors (Lipinski definition) is 2. The summed E-state index contributed by atoms with van der Waals surface area (Å²) in [5.41, 5.74) is 5.04. The molecule has 28 heavy (non-hydrogen) atoms. The van der Waals surface area contributed by atoms with Crippen molar-refractivity contribution in [1.82, 2.24) is 20.2 Å². The van der Waals surface area contributed by atoms with Crippen LogP contribution in [0, 0.1) is 0 Å².